The Morgan fingerprint density at radius 2 is 1.62 bits per heavy atom. The predicted molar refractivity (Wildman–Crippen MR) is 106 cm³/mol. The van der Waals surface area contributed by atoms with Gasteiger partial charge in [-0.1, -0.05) is 72.3 Å². The van der Waals surface area contributed by atoms with Crippen LogP contribution in [0, 0.1) is 0 Å². The van der Waals surface area contributed by atoms with Gasteiger partial charge in [-0.3, -0.25) is 4.79 Å². The molecule has 0 spiro atoms. The smallest absolute Gasteiger partial charge is 0.248 e. The van der Waals surface area contributed by atoms with Gasteiger partial charge in [-0.15, -0.1) is 0 Å². The molecule has 4 heteroatoms. The maximum Gasteiger partial charge on any atom is 0.248 e. The van der Waals surface area contributed by atoms with Crippen molar-refractivity contribution in [3.63, 3.8) is 0 Å². The van der Waals surface area contributed by atoms with Crippen molar-refractivity contribution in [3.05, 3.63) is 107 Å². The Kier molecular flexibility index (Phi) is 5.84. The Morgan fingerprint density at radius 3 is 2.31 bits per heavy atom. The Hall–Kier alpha value is -2.88. The number of amides is 1. The molecule has 3 nitrogen and oxygen atoms in total. The predicted octanol–water partition coefficient (Wildman–Crippen LogP) is 5.07. The number of benzene rings is 3. The number of aliphatic hydroxyl groups excluding tert-OH is 1. The second-order valence-corrected chi connectivity index (χ2v) is 6.21. The van der Waals surface area contributed by atoms with Crippen molar-refractivity contribution in [2.24, 2.45) is 0 Å². The van der Waals surface area contributed by atoms with E-state index in [1.165, 1.54) is 6.08 Å². The first kappa shape index (κ1) is 17.9. The molecule has 0 aliphatic heterocycles. The molecule has 0 aliphatic rings. The number of nitrogens with one attached hydrogen (secondary N) is 1. The van der Waals surface area contributed by atoms with Gasteiger partial charge < -0.3 is 10.4 Å². The second kappa shape index (κ2) is 8.48. The summed E-state index contributed by atoms with van der Waals surface area (Å²) in [5.41, 5.74) is 2.73. The zero-order valence-corrected chi connectivity index (χ0v) is 14.7. The summed E-state index contributed by atoms with van der Waals surface area (Å²) in [6, 6.07) is 23.8. The van der Waals surface area contributed by atoms with Gasteiger partial charge in [-0.25, -0.2) is 0 Å². The number of hydrogen-bond donors (Lipinski definition) is 2. The van der Waals surface area contributed by atoms with Gasteiger partial charge in [-0.2, -0.15) is 0 Å². The van der Waals surface area contributed by atoms with Gasteiger partial charge in [0.1, 0.15) is 6.10 Å². The van der Waals surface area contributed by atoms with Crippen LogP contribution in [0.3, 0.4) is 0 Å². The second-order valence-electron chi connectivity index (χ2n) is 5.78. The molecule has 0 bridgehead atoms. The summed E-state index contributed by atoms with van der Waals surface area (Å²) in [6.45, 7) is 0. The molecule has 0 fully saturated rings. The normalized spacial score (nSPS) is 12.1. The zero-order chi connectivity index (χ0) is 18.4. The van der Waals surface area contributed by atoms with E-state index in [2.05, 4.69) is 5.32 Å². The van der Waals surface area contributed by atoms with E-state index in [1.54, 1.807) is 24.3 Å². The Bertz CT molecular complexity index is 908. The molecule has 0 unspecified atom stereocenters. The van der Waals surface area contributed by atoms with Gasteiger partial charge in [0, 0.05) is 22.3 Å². The molecule has 1 atom stereocenters. The fourth-order valence-corrected chi connectivity index (χ4v) is 2.78. The molecule has 0 saturated carbocycles. The third-order valence-electron chi connectivity index (χ3n) is 3.91. The standard InChI is InChI=1S/C22H18ClNO2/c23-18-12-13-20(19(15-18)22(26)17-9-5-2-6-10-17)24-21(25)14-11-16-7-3-1-4-8-16/h1-15,22,26H,(H,24,25)/b14-11+/t22-/m1/s1. The number of rotatable bonds is 5. The quantitative estimate of drug-likeness (QED) is 0.621. The summed E-state index contributed by atoms with van der Waals surface area (Å²) in [5, 5.41) is 14.0. The van der Waals surface area contributed by atoms with E-state index in [0.29, 0.717) is 16.3 Å². The zero-order valence-electron chi connectivity index (χ0n) is 14.0. The van der Waals surface area contributed by atoms with E-state index in [9.17, 15) is 9.90 Å². The van der Waals surface area contributed by atoms with Crippen molar-refractivity contribution in [1.29, 1.82) is 0 Å². The van der Waals surface area contributed by atoms with Crippen LogP contribution in [0.15, 0.2) is 84.9 Å². The van der Waals surface area contributed by atoms with Crippen molar-refractivity contribution in [2.75, 3.05) is 5.32 Å². The monoisotopic (exact) mass is 363 g/mol. The third kappa shape index (κ3) is 4.60. The van der Waals surface area contributed by atoms with Gasteiger partial charge in [0.05, 0.1) is 0 Å². The molecule has 0 aromatic heterocycles. The number of hydrogen-bond acceptors (Lipinski definition) is 2. The van der Waals surface area contributed by atoms with Crippen LogP contribution in [-0.2, 0) is 4.79 Å². The molecule has 0 saturated heterocycles. The molecule has 0 radical (unpaired) electrons. The molecule has 0 heterocycles. The molecule has 3 aromatic rings. The van der Waals surface area contributed by atoms with Crippen molar-refractivity contribution in [1.82, 2.24) is 0 Å². The lowest BCUT2D eigenvalue weighted by atomic mass is 10.00. The van der Waals surface area contributed by atoms with E-state index >= 15 is 0 Å². The number of aliphatic hydroxyl groups is 1. The Labute approximate surface area is 157 Å². The summed E-state index contributed by atoms with van der Waals surface area (Å²) in [5.74, 6) is -0.280. The first-order valence-corrected chi connectivity index (χ1v) is 8.58. The van der Waals surface area contributed by atoms with Crippen molar-refractivity contribution in [3.8, 4) is 0 Å². The van der Waals surface area contributed by atoms with E-state index < -0.39 is 6.10 Å². The molecule has 1 amide bonds. The van der Waals surface area contributed by atoms with Crippen molar-refractivity contribution in [2.45, 2.75) is 6.10 Å². The average Bonchev–Trinajstić information content (AvgIpc) is 2.69. The largest absolute Gasteiger partial charge is 0.384 e. The van der Waals surface area contributed by atoms with Crippen LogP contribution in [-0.4, -0.2) is 11.0 Å². The summed E-state index contributed by atoms with van der Waals surface area (Å²) < 4.78 is 0. The SMILES string of the molecule is O=C(/C=C/c1ccccc1)Nc1ccc(Cl)cc1[C@H](O)c1ccccc1. The third-order valence-corrected chi connectivity index (χ3v) is 4.14. The minimum absolute atomic E-state index is 0.280. The van der Waals surface area contributed by atoms with Crippen LogP contribution < -0.4 is 5.32 Å². The van der Waals surface area contributed by atoms with E-state index in [-0.39, 0.29) is 5.91 Å². The van der Waals surface area contributed by atoms with Crippen molar-refractivity contribution >= 4 is 29.3 Å². The fourth-order valence-electron chi connectivity index (χ4n) is 2.60. The highest BCUT2D eigenvalue weighted by atomic mass is 35.5. The van der Waals surface area contributed by atoms with Crippen molar-refractivity contribution < 1.29 is 9.90 Å². The van der Waals surface area contributed by atoms with Crippen LogP contribution in [0.4, 0.5) is 5.69 Å². The van der Waals surface area contributed by atoms with Gasteiger partial charge in [0.15, 0.2) is 0 Å². The van der Waals surface area contributed by atoms with E-state index in [4.69, 9.17) is 11.6 Å². The lowest BCUT2D eigenvalue weighted by molar-refractivity contribution is -0.111. The summed E-state index contributed by atoms with van der Waals surface area (Å²) >= 11 is 6.09. The lowest BCUT2D eigenvalue weighted by Gasteiger charge is -2.16. The van der Waals surface area contributed by atoms with E-state index in [1.807, 2.05) is 60.7 Å². The highest BCUT2D eigenvalue weighted by molar-refractivity contribution is 6.30. The van der Waals surface area contributed by atoms with Gasteiger partial charge >= 0.3 is 0 Å². The minimum Gasteiger partial charge on any atom is -0.384 e. The average molecular weight is 364 g/mol. The van der Waals surface area contributed by atoms with Crippen LogP contribution >= 0.6 is 11.6 Å². The maximum absolute atomic E-state index is 12.3. The molecule has 3 rings (SSSR count). The number of anilines is 1. The fraction of sp³-hybridized carbons (Fsp3) is 0.0455. The van der Waals surface area contributed by atoms with E-state index in [0.717, 1.165) is 11.1 Å². The molecule has 130 valence electrons. The van der Waals surface area contributed by atoms with Crippen LogP contribution in [0.2, 0.25) is 5.02 Å². The first-order chi connectivity index (χ1) is 12.6. The van der Waals surface area contributed by atoms with Crippen LogP contribution in [0.25, 0.3) is 6.08 Å². The Balaban J connectivity index is 1.82. The van der Waals surface area contributed by atoms with Crippen LogP contribution in [0.5, 0.6) is 0 Å². The minimum atomic E-state index is -0.886. The molecular formula is C22H18ClNO2. The molecule has 2 N–H and O–H groups in total. The van der Waals surface area contributed by atoms with Gasteiger partial charge in [0.25, 0.3) is 0 Å². The lowest BCUT2D eigenvalue weighted by Crippen LogP contribution is -2.12. The van der Waals surface area contributed by atoms with Gasteiger partial charge in [-0.05, 0) is 35.4 Å². The molecule has 0 aliphatic carbocycles. The highest BCUT2D eigenvalue weighted by Gasteiger charge is 2.16. The number of carbonyl (C=O) groups is 1. The molecule has 26 heavy (non-hydrogen) atoms. The molecular weight excluding hydrogens is 346 g/mol. The topological polar surface area (TPSA) is 49.3 Å². The van der Waals surface area contributed by atoms with Gasteiger partial charge in [0.2, 0.25) is 5.91 Å². The number of carbonyl (C=O) groups excluding carboxylic acids is 1. The maximum atomic E-state index is 12.3. The van der Waals surface area contributed by atoms with Crippen LogP contribution in [0.1, 0.15) is 22.8 Å². The summed E-state index contributed by atoms with van der Waals surface area (Å²) in [6.07, 6.45) is 2.31. The molecule has 3 aromatic carbocycles. The summed E-state index contributed by atoms with van der Waals surface area (Å²) in [7, 11) is 0. The summed E-state index contributed by atoms with van der Waals surface area (Å²) in [4.78, 5) is 12.3. The number of halogens is 1. The Morgan fingerprint density at radius 1 is 0.962 bits per heavy atom. The first-order valence-electron chi connectivity index (χ1n) is 8.20. The highest BCUT2D eigenvalue weighted by Crippen LogP contribution is 2.30.